The van der Waals surface area contributed by atoms with Gasteiger partial charge in [0.1, 0.15) is 0 Å². The van der Waals surface area contributed by atoms with Gasteiger partial charge in [0, 0.05) is 44.0 Å². The highest BCUT2D eigenvalue weighted by atomic mass is 127. The van der Waals surface area contributed by atoms with E-state index in [0.29, 0.717) is 13.0 Å². The summed E-state index contributed by atoms with van der Waals surface area (Å²) in [5.74, 6) is 1.05. The number of hydrogen-bond acceptors (Lipinski definition) is 3. The number of aromatic nitrogens is 2. The summed E-state index contributed by atoms with van der Waals surface area (Å²) < 4.78 is 2.05. The lowest BCUT2D eigenvalue weighted by molar-refractivity contribution is -0.119. The number of anilines is 1. The van der Waals surface area contributed by atoms with Crippen LogP contribution in [0.5, 0.6) is 0 Å². The minimum absolute atomic E-state index is 0. The Kier molecular flexibility index (Phi) is 10.3. The summed E-state index contributed by atoms with van der Waals surface area (Å²) in [6.07, 6.45) is 3.72. The molecule has 0 atom stereocenters. The lowest BCUT2D eigenvalue weighted by Gasteiger charge is -2.26. The van der Waals surface area contributed by atoms with Crippen LogP contribution in [0, 0.1) is 13.8 Å². The summed E-state index contributed by atoms with van der Waals surface area (Å²) in [4.78, 5) is 18.7. The Morgan fingerprint density at radius 2 is 1.94 bits per heavy atom. The number of amides is 1. The van der Waals surface area contributed by atoms with Crippen molar-refractivity contribution in [2.24, 2.45) is 4.99 Å². The molecular weight excluding hydrogens is 503 g/mol. The van der Waals surface area contributed by atoms with E-state index < -0.39 is 0 Å². The van der Waals surface area contributed by atoms with Gasteiger partial charge in [-0.2, -0.15) is 5.10 Å². The maximum Gasteiger partial charge on any atom is 0.226 e. The lowest BCUT2D eigenvalue weighted by Crippen LogP contribution is -2.38. The SMILES string of the molecule is CCNC(=NCc1ccc(N2CCCCC2=O)cc1)NCCCn1nc(C)cc1C.I. The Balaban J connectivity index is 0.00000341. The van der Waals surface area contributed by atoms with Crippen LogP contribution in [0.15, 0.2) is 35.3 Å². The minimum Gasteiger partial charge on any atom is -0.357 e. The number of carbonyl (C=O) groups is 1. The maximum atomic E-state index is 12.1. The van der Waals surface area contributed by atoms with Crippen LogP contribution in [0.4, 0.5) is 5.69 Å². The van der Waals surface area contributed by atoms with Gasteiger partial charge in [0.25, 0.3) is 0 Å². The van der Waals surface area contributed by atoms with Crippen molar-refractivity contribution >= 4 is 41.5 Å². The van der Waals surface area contributed by atoms with Crippen molar-refractivity contribution in [3.8, 4) is 0 Å². The van der Waals surface area contributed by atoms with E-state index in [0.717, 1.165) is 68.3 Å². The number of piperidine rings is 1. The Labute approximate surface area is 202 Å². The van der Waals surface area contributed by atoms with Gasteiger partial charge in [-0.25, -0.2) is 4.99 Å². The number of nitrogens with zero attached hydrogens (tertiary/aromatic N) is 4. The first-order chi connectivity index (χ1) is 14.6. The highest BCUT2D eigenvalue weighted by Gasteiger charge is 2.19. The van der Waals surface area contributed by atoms with Gasteiger partial charge in [-0.1, -0.05) is 12.1 Å². The van der Waals surface area contributed by atoms with Crippen molar-refractivity contribution in [3.63, 3.8) is 0 Å². The van der Waals surface area contributed by atoms with Crippen LogP contribution in [0.3, 0.4) is 0 Å². The molecule has 2 heterocycles. The van der Waals surface area contributed by atoms with Crippen LogP contribution in [-0.4, -0.2) is 41.3 Å². The topological polar surface area (TPSA) is 74.6 Å². The van der Waals surface area contributed by atoms with Gasteiger partial charge in [-0.05, 0) is 63.8 Å². The van der Waals surface area contributed by atoms with E-state index in [1.54, 1.807) is 0 Å². The summed E-state index contributed by atoms with van der Waals surface area (Å²) in [5, 5.41) is 11.2. The fourth-order valence-electron chi connectivity index (χ4n) is 3.71. The smallest absolute Gasteiger partial charge is 0.226 e. The zero-order valence-electron chi connectivity index (χ0n) is 18.9. The second-order valence-corrected chi connectivity index (χ2v) is 7.79. The summed E-state index contributed by atoms with van der Waals surface area (Å²) in [5.41, 5.74) is 4.37. The van der Waals surface area contributed by atoms with Crippen LogP contribution < -0.4 is 15.5 Å². The number of carbonyl (C=O) groups excluding carboxylic acids is 1. The molecular formula is C23H35IN6O. The fourth-order valence-corrected chi connectivity index (χ4v) is 3.71. The Bertz CT molecular complexity index is 861. The van der Waals surface area contributed by atoms with E-state index in [2.05, 4.69) is 52.5 Å². The number of halogens is 1. The highest BCUT2D eigenvalue weighted by molar-refractivity contribution is 14.0. The summed E-state index contributed by atoms with van der Waals surface area (Å²) in [6, 6.07) is 10.3. The molecule has 1 saturated heterocycles. The number of nitrogens with one attached hydrogen (secondary N) is 2. The van der Waals surface area contributed by atoms with Gasteiger partial charge in [0.05, 0.1) is 12.2 Å². The van der Waals surface area contributed by atoms with Crippen molar-refractivity contribution in [1.82, 2.24) is 20.4 Å². The van der Waals surface area contributed by atoms with E-state index in [9.17, 15) is 4.79 Å². The Morgan fingerprint density at radius 3 is 2.58 bits per heavy atom. The van der Waals surface area contributed by atoms with Gasteiger partial charge in [-0.15, -0.1) is 24.0 Å². The van der Waals surface area contributed by atoms with Gasteiger partial charge in [0.15, 0.2) is 5.96 Å². The first kappa shape index (κ1) is 25.2. The second kappa shape index (κ2) is 12.7. The normalized spacial score (nSPS) is 14.4. The van der Waals surface area contributed by atoms with E-state index >= 15 is 0 Å². The van der Waals surface area contributed by atoms with Crippen LogP contribution in [0.25, 0.3) is 0 Å². The minimum atomic E-state index is 0. The Hall–Kier alpha value is -2.10. The predicted octanol–water partition coefficient (Wildman–Crippen LogP) is 3.78. The maximum absolute atomic E-state index is 12.1. The van der Waals surface area contributed by atoms with Crippen molar-refractivity contribution < 1.29 is 4.79 Å². The van der Waals surface area contributed by atoms with Crippen molar-refractivity contribution in [2.75, 3.05) is 24.5 Å². The van der Waals surface area contributed by atoms with Gasteiger partial charge in [0.2, 0.25) is 5.91 Å². The second-order valence-electron chi connectivity index (χ2n) is 7.79. The standard InChI is InChI=1S/C23H34N6O.HI/c1-4-24-23(25-13-7-15-29-19(3)16-18(2)27-29)26-17-20-9-11-21(12-10-20)28-14-6-5-8-22(28)30;/h9-12,16H,4-8,13-15,17H2,1-3H3,(H2,24,25,26);1H. The Morgan fingerprint density at radius 1 is 1.16 bits per heavy atom. The fraction of sp³-hybridized carbons (Fsp3) is 0.522. The van der Waals surface area contributed by atoms with Crippen molar-refractivity contribution in [2.45, 2.75) is 59.5 Å². The molecule has 1 aliphatic heterocycles. The molecule has 0 saturated carbocycles. The van der Waals surface area contributed by atoms with E-state index in [4.69, 9.17) is 4.99 Å². The van der Waals surface area contributed by atoms with E-state index in [-0.39, 0.29) is 29.9 Å². The molecule has 1 amide bonds. The van der Waals surface area contributed by atoms with Gasteiger partial charge >= 0.3 is 0 Å². The van der Waals surface area contributed by atoms with Crippen molar-refractivity contribution in [1.29, 1.82) is 0 Å². The van der Waals surface area contributed by atoms with E-state index in [1.165, 1.54) is 5.69 Å². The average molecular weight is 538 g/mol. The molecule has 1 aliphatic rings. The average Bonchev–Trinajstić information content (AvgIpc) is 3.07. The van der Waals surface area contributed by atoms with Crippen LogP contribution >= 0.6 is 24.0 Å². The van der Waals surface area contributed by atoms with Crippen LogP contribution in [0.1, 0.15) is 49.6 Å². The molecule has 1 fully saturated rings. The first-order valence-corrected chi connectivity index (χ1v) is 11.0. The molecule has 0 radical (unpaired) electrons. The van der Waals surface area contributed by atoms with Crippen LogP contribution in [-0.2, 0) is 17.9 Å². The largest absolute Gasteiger partial charge is 0.357 e. The zero-order chi connectivity index (χ0) is 21.3. The number of hydrogen-bond donors (Lipinski definition) is 2. The zero-order valence-corrected chi connectivity index (χ0v) is 21.2. The molecule has 0 spiro atoms. The summed E-state index contributed by atoms with van der Waals surface area (Å²) in [7, 11) is 0. The number of benzene rings is 1. The third-order valence-electron chi connectivity index (χ3n) is 5.28. The molecule has 0 bridgehead atoms. The number of aliphatic imine (C=N–C) groups is 1. The first-order valence-electron chi connectivity index (χ1n) is 11.0. The molecule has 31 heavy (non-hydrogen) atoms. The number of rotatable bonds is 8. The molecule has 3 rings (SSSR count). The summed E-state index contributed by atoms with van der Waals surface area (Å²) >= 11 is 0. The molecule has 8 heteroatoms. The molecule has 0 unspecified atom stereocenters. The molecule has 1 aromatic carbocycles. The van der Waals surface area contributed by atoms with Crippen molar-refractivity contribution in [3.05, 3.63) is 47.3 Å². The molecule has 2 N–H and O–H groups in total. The van der Waals surface area contributed by atoms with Gasteiger partial charge < -0.3 is 15.5 Å². The molecule has 7 nitrogen and oxygen atoms in total. The third-order valence-corrected chi connectivity index (χ3v) is 5.28. The molecule has 0 aliphatic carbocycles. The highest BCUT2D eigenvalue weighted by Crippen LogP contribution is 2.21. The third kappa shape index (κ3) is 7.52. The monoisotopic (exact) mass is 538 g/mol. The van der Waals surface area contributed by atoms with Crippen LogP contribution in [0.2, 0.25) is 0 Å². The number of aryl methyl sites for hydroxylation is 3. The predicted molar refractivity (Wildman–Crippen MR) is 137 cm³/mol. The lowest BCUT2D eigenvalue weighted by atomic mass is 10.1. The molecule has 170 valence electrons. The molecule has 1 aromatic heterocycles. The number of guanidine groups is 1. The quantitative estimate of drug-likeness (QED) is 0.232. The van der Waals surface area contributed by atoms with E-state index in [1.807, 2.05) is 24.0 Å². The summed E-state index contributed by atoms with van der Waals surface area (Å²) in [6.45, 7) is 10.1. The van der Waals surface area contributed by atoms with Gasteiger partial charge in [-0.3, -0.25) is 9.48 Å². The molecule has 2 aromatic rings.